The summed E-state index contributed by atoms with van der Waals surface area (Å²) in [6, 6.07) is 7.08. The number of aliphatic hydroxyl groups excluding tert-OH is 1. The van der Waals surface area contributed by atoms with Crippen molar-refractivity contribution in [2.45, 2.75) is 50.7 Å². The quantitative estimate of drug-likeness (QED) is 0.871. The molecule has 112 valence electrons. The van der Waals surface area contributed by atoms with Gasteiger partial charge in [0.15, 0.2) is 0 Å². The number of hydrogen-bond acceptors (Lipinski definition) is 3. The molecule has 1 saturated heterocycles. The van der Waals surface area contributed by atoms with Crippen molar-refractivity contribution in [2.75, 3.05) is 13.2 Å². The van der Waals surface area contributed by atoms with Crippen molar-refractivity contribution in [2.24, 2.45) is 5.73 Å². The summed E-state index contributed by atoms with van der Waals surface area (Å²) in [7, 11) is 0. The van der Waals surface area contributed by atoms with E-state index in [9.17, 15) is 9.50 Å². The summed E-state index contributed by atoms with van der Waals surface area (Å²) in [6.45, 7) is 3.20. The number of piperidine rings is 1. The molecule has 0 amide bonds. The molecular formula is C16H25FN2O. The summed E-state index contributed by atoms with van der Waals surface area (Å²) in [5.74, 6) is -0.220. The van der Waals surface area contributed by atoms with Crippen LogP contribution in [0.5, 0.6) is 0 Å². The van der Waals surface area contributed by atoms with E-state index < -0.39 is 0 Å². The minimum atomic E-state index is -0.220. The minimum Gasteiger partial charge on any atom is -0.396 e. The lowest BCUT2D eigenvalue weighted by Gasteiger charge is -2.43. The third kappa shape index (κ3) is 3.57. The molecule has 2 rings (SSSR count). The first-order valence-electron chi connectivity index (χ1n) is 7.51. The highest BCUT2D eigenvalue weighted by molar-refractivity contribution is 5.22. The molecule has 1 aliphatic heterocycles. The first-order valence-corrected chi connectivity index (χ1v) is 7.51. The lowest BCUT2D eigenvalue weighted by Crippen LogP contribution is -2.48. The molecule has 3 nitrogen and oxygen atoms in total. The van der Waals surface area contributed by atoms with Gasteiger partial charge in [-0.3, -0.25) is 4.90 Å². The molecule has 0 bridgehead atoms. The predicted octanol–water partition coefficient (Wildman–Crippen LogP) is 2.45. The van der Waals surface area contributed by atoms with E-state index in [1.165, 1.54) is 18.6 Å². The number of aliphatic hydroxyl groups is 1. The fraction of sp³-hybridized carbons (Fsp3) is 0.625. The average molecular weight is 280 g/mol. The van der Waals surface area contributed by atoms with Crippen molar-refractivity contribution in [1.82, 2.24) is 4.90 Å². The second kappa shape index (κ2) is 7.16. The summed E-state index contributed by atoms with van der Waals surface area (Å²) in [5.41, 5.74) is 7.26. The Balaban J connectivity index is 2.24. The topological polar surface area (TPSA) is 49.5 Å². The molecule has 0 spiro atoms. The fourth-order valence-corrected chi connectivity index (χ4v) is 3.31. The predicted molar refractivity (Wildman–Crippen MR) is 78.8 cm³/mol. The van der Waals surface area contributed by atoms with E-state index in [1.54, 1.807) is 0 Å². The molecule has 4 heteroatoms. The van der Waals surface area contributed by atoms with Crippen LogP contribution in [0.1, 0.15) is 44.2 Å². The van der Waals surface area contributed by atoms with E-state index in [4.69, 9.17) is 5.73 Å². The summed E-state index contributed by atoms with van der Waals surface area (Å²) in [4.78, 5) is 2.40. The summed E-state index contributed by atoms with van der Waals surface area (Å²) in [5, 5.41) is 9.26. The van der Waals surface area contributed by atoms with Crippen LogP contribution in [0.2, 0.25) is 0 Å². The van der Waals surface area contributed by atoms with Gasteiger partial charge in [0, 0.05) is 24.7 Å². The van der Waals surface area contributed by atoms with Crippen LogP contribution >= 0.6 is 0 Å². The number of benzene rings is 1. The Morgan fingerprint density at radius 2 is 2.05 bits per heavy atom. The molecule has 0 saturated carbocycles. The van der Waals surface area contributed by atoms with Gasteiger partial charge in [-0.05, 0) is 50.4 Å². The average Bonchev–Trinajstić information content (AvgIpc) is 2.43. The molecular weight excluding hydrogens is 255 g/mol. The van der Waals surface area contributed by atoms with Gasteiger partial charge in [0.05, 0.1) is 0 Å². The summed E-state index contributed by atoms with van der Waals surface area (Å²) in [6.07, 6.45) is 4.25. The van der Waals surface area contributed by atoms with Crippen LogP contribution < -0.4 is 5.73 Å². The zero-order valence-corrected chi connectivity index (χ0v) is 12.1. The van der Waals surface area contributed by atoms with Crippen molar-refractivity contribution < 1.29 is 9.50 Å². The third-order valence-corrected chi connectivity index (χ3v) is 4.20. The SMILES string of the molecule is CC(N)C(c1ccc(F)cc1)N1CCCCC1CCO. The smallest absolute Gasteiger partial charge is 0.123 e. The maximum Gasteiger partial charge on any atom is 0.123 e. The number of hydrogen-bond donors (Lipinski definition) is 2. The Kier molecular flexibility index (Phi) is 5.52. The van der Waals surface area contributed by atoms with Crippen LogP contribution in [0.25, 0.3) is 0 Å². The van der Waals surface area contributed by atoms with Gasteiger partial charge in [-0.25, -0.2) is 4.39 Å². The van der Waals surface area contributed by atoms with Gasteiger partial charge in [-0.1, -0.05) is 18.6 Å². The van der Waals surface area contributed by atoms with E-state index in [-0.39, 0.29) is 24.5 Å². The highest BCUT2D eigenvalue weighted by Gasteiger charge is 2.31. The van der Waals surface area contributed by atoms with Gasteiger partial charge in [0.1, 0.15) is 5.82 Å². The van der Waals surface area contributed by atoms with E-state index in [1.807, 2.05) is 19.1 Å². The Morgan fingerprint density at radius 3 is 2.65 bits per heavy atom. The molecule has 3 atom stereocenters. The van der Waals surface area contributed by atoms with Gasteiger partial charge in [-0.15, -0.1) is 0 Å². The fourth-order valence-electron chi connectivity index (χ4n) is 3.31. The molecule has 3 unspecified atom stereocenters. The summed E-state index contributed by atoms with van der Waals surface area (Å²) < 4.78 is 13.1. The molecule has 1 aromatic rings. The van der Waals surface area contributed by atoms with Gasteiger partial charge in [0.2, 0.25) is 0 Å². The van der Waals surface area contributed by atoms with Crippen LogP contribution in [0.3, 0.4) is 0 Å². The second-order valence-corrected chi connectivity index (χ2v) is 5.76. The van der Waals surface area contributed by atoms with E-state index in [0.717, 1.165) is 31.4 Å². The van der Waals surface area contributed by atoms with Gasteiger partial charge in [0.25, 0.3) is 0 Å². The zero-order valence-electron chi connectivity index (χ0n) is 12.1. The van der Waals surface area contributed by atoms with E-state index in [0.29, 0.717) is 6.04 Å². The second-order valence-electron chi connectivity index (χ2n) is 5.76. The normalized spacial score (nSPS) is 23.5. The molecule has 1 fully saturated rings. The Bertz CT molecular complexity index is 405. The zero-order chi connectivity index (χ0) is 14.5. The molecule has 20 heavy (non-hydrogen) atoms. The van der Waals surface area contributed by atoms with Gasteiger partial charge in [-0.2, -0.15) is 0 Å². The number of halogens is 1. The van der Waals surface area contributed by atoms with Crippen molar-refractivity contribution in [3.05, 3.63) is 35.6 Å². The van der Waals surface area contributed by atoms with Crippen molar-refractivity contribution >= 4 is 0 Å². The highest BCUT2D eigenvalue weighted by atomic mass is 19.1. The van der Waals surface area contributed by atoms with Crippen LogP contribution in [-0.2, 0) is 0 Å². The van der Waals surface area contributed by atoms with Crippen LogP contribution in [0, 0.1) is 5.82 Å². The van der Waals surface area contributed by atoms with Crippen molar-refractivity contribution in [1.29, 1.82) is 0 Å². The standard InChI is InChI=1S/C16H25FN2O/c1-12(18)16(13-5-7-14(17)8-6-13)19-10-3-2-4-15(19)9-11-20/h5-8,12,15-16,20H,2-4,9-11,18H2,1H3. The first kappa shape index (κ1) is 15.4. The van der Waals surface area contributed by atoms with Gasteiger partial charge < -0.3 is 10.8 Å². The molecule has 0 aromatic heterocycles. The number of rotatable bonds is 5. The minimum absolute atomic E-state index is 0.0280. The monoisotopic (exact) mass is 280 g/mol. The van der Waals surface area contributed by atoms with Gasteiger partial charge >= 0.3 is 0 Å². The molecule has 1 heterocycles. The number of nitrogens with zero attached hydrogens (tertiary/aromatic N) is 1. The van der Waals surface area contributed by atoms with Crippen molar-refractivity contribution in [3.63, 3.8) is 0 Å². The van der Waals surface area contributed by atoms with Crippen LogP contribution in [0.15, 0.2) is 24.3 Å². The molecule has 0 aliphatic carbocycles. The number of nitrogens with two attached hydrogens (primary N) is 1. The van der Waals surface area contributed by atoms with Crippen LogP contribution in [0.4, 0.5) is 4.39 Å². The summed E-state index contributed by atoms with van der Waals surface area (Å²) >= 11 is 0. The molecule has 1 aromatic carbocycles. The van der Waals surface area contributed by atoms with E-state index in [2.05, 4.69) is 4.90 Å². The van der Waals surface area contributed by atoms with Crippen molar-refractivity contribution in [3.8, 4) is 0 Å². The third-order valence-electron chi connectivity index (χ3n) is 4.20. The van der Waals surface area contributed by atoms with Crippen LogP contribution in [-0.4, -0.2) is 35.2 Å². The lowest BCUT2D eigenvalue weighted by atomic mass is 9.91. The maximum atomic E-state index is 13.1. The maximum absolute atomic E-state index is 13.1. The Morgan fingerprint density at radius 1 is 1.35 bits per heavy atom. The number of likely N-dealkylation sites (tertiary alicyclic amines) is 1. The largest absolute Gasteiger partial charge is 0.396 e. The molecule has 1 aliphatic rings. The lowest BCUT2D eigenvalue weighted by molar-refractivity contribution is 0.0652. The molecule has 3 N–H and O–H groups in total. The Labute approximate surface area is 120 Å². The highest BCUT2D eigenvalue weighted by Crippen LogP contribution is 2.31. The Hall–Kier alpha value is -0.970. The first-order chi connectivity index (χ1) is 9.63. The van der Waals surface area contributed by atoms with E-state index >= 15 is 0 Å². The molecule has 0 radical (unpaired) electrons.